The molecule has 7 heteroatoms. The van der Waals surface area contributed by atoms with Crippen LogP contribution in [-0.4, -0.2) is 38.7 Å². The lowest BCUT2D eigenvalue weighted by Crippen LogP contribution is -2.43. The minimum atomic E-state index is 0.109. The maximum Gasteiger partial charge on any atom is 0.227 e. The van der Waals surface area contributed by atoms with Crippen LogP contribution in [0.4, 0.5) is 0 Å². The average Bonchev–Trinajstić information content (AvgIpc) is 3.44. The Bertz CT molecular complexity index is 1250. The lowest BCUT2D eigenvalue weighted by Gasteiger charge is -2.30. The summed E-state index contributed by atoms with van der Waals surface area (Å²) in [4.78, 5) is 20.1. The van der Waals surface area contributed by atoms with Crippen LogP contribution in [0.1, 0.15) is 43.0 Å². The maximum absolute atomic E-state index is 13.4. The molecule has 0 saturated carbocycles. The van der Waals surface area contributed by atoms with E-state index < -0.39 is 0 Å². The molecule has 1 saturated heterocycles. The Morgan fingerprint density at radius 1 is 1.27 bits per heavy atom. The number of fused-ring (bicyclic) bond motifs is 1. The summed E-state index contributed by atoms with van der Waals surface area (Å²) in [6.07, 6.45) is 7.78. The van der Waals surface area contributed by atoms with Crippen LogP contribution < -0.4 is 5.73 Å². The van der Waals surface area contributed by atoms with Gasteiger partial charge in [-0.3, -0.25) is 4.79 Å². The third-order valence-corrected chi connectivity index (χ3v) is 6.45. The minimum Gasteiger partial charge on any atom is -0.404 e. The van der Waals surface area contributed by atoms with E-state index in [4.69, 9.17) is 16.4 Å². The highest BCUT2D eigenvalue weighted by molar-refractivity contribution is 6.07. The summed E-state index contributed by atoms with van der Waals surface area (Å²) < 4.78 is 2.15. The molecule has 3 heterocycles. The third kappa shape index (κ3) is 4.51. The number of aromatic nitrogens is 2. The van der Waals surface area contributed by atoms with Gasteiger partial charge in [0.1, 0.15) is 0 Å². The molecule has 7 nitrogen and oxygen atoms in total. The fourth-order valence-electron chi connectivity index (χ4n) is 4.79. The van der Waals surface area contributed by atoms with Crippen molar-refractivity contribution in [3.63, 3.8) is 0 Å². The van der Waals surface area contributed by atoms with Crippen LogP contribution in [0.3, 0.4) is 0 Å². The first kappa shape index (κ1) is 22.3. The van der Waals surface area contributed by atoms with Gasteiger partial charge >= 0.3 is 0 Å². The molecule has 3 N–H and O–H groups in total. The second-order valence-electron chi connectivity index (χ2n) is 8.42. The van der Waals surface area contributed by atoms with Gasteiger partial charge in [0.05, 0.1) is 34.8 Å². The lowest BCUT2D eigenvalue weighted by atomic mass is 10.1. The van der Waals surface area contributed by atoms with Crippen molar-refractivity contribution in [3.05, 3.63) is 71.7 Å². The van der Waals surface area contributed by atoms with Crippen LogP contribution in [-0.2, 0) is 17.8 Å². The molecule has 2 unspecified atom stereocenters. The standard InChI is InChI=1S/C26H28N6O/c1-2-21-6-7-22(32(21)26(33)13-18-4-3-5-19(12-18)14-27)17-31-11-10-24-25(31)9-8-23(30-24)20(15-28)16-29/h3-5,8-12,15-16,21-22,28H,2,6-7,13,17,29H2,1H3/b20-16+,28-15?. The predicted octanol–water partition coefficient (Wildman–Crippen LogP) is 3.87. The minimum absolute atomic E-state index is 0.109. The number of hydrogen-bond donors (Lipinski definition) is 2. The molecule has 1 aliphatic heterocycles. The Morgan fingerprint density at radius 2 is 2.09 bits per heavy atom. The number of hydrogen-bond acceptors (Lipinski definition) is 5. The van der Waals surface area contributed by atoms with Crippen molar-refractivity contribution in [1.29, 1.82) is 10.7 Å². The first-order valence-corrected chi connectivity index (χ1v) is 11.3. The van der Waals surface area contributed by atoms with Crippen LogP contribution in [0.25, 0.3) is 16.6 Å². The van der Waals surface area contributed by atoms with Crippen molar-refractivity contribution in [3.8, 4) is 6.07 Å². The summed E-state index contributed by atoms with van der Waals surface area (Å²) >= 11 is 0. The van der Waals surface area contributed by atoms with Gasteiger partial charge in [-0.15, -0.1) is 0 Å². The number of benzene rings is 1. The van der Waals surface area contributed by atoms with Gasteiger partial charge < -0.3 is 20.6 Å². The molecule has 0 aliphatic carbocycles. The van der Waals surface area contributed by atoms with Crippen LogP contribution in [0, 0.1) is 16.7 Å². The number of rotatable bonds is 7. The summed E-state index contributed by atoms with van der Waals surface area (Å²) in [5.74, 6) is 0.111. The smallest absolute Gasteiger partial charge is 0.227 e. The van der Waals surface area contributed by atoms with Gasteiger partial charge in [0.25, 0.3) is 0 Å². The normalized spacial score (nSPS) is 18.4. The van der Waals surface area contributed by atoms with E-state index in [1.165, 1.54) is 12.4 Å². The number of nitrogens with zero attached hydrogens (tertiary/aromatic N) is 4. The number of carbonyl (C=O) groups excluding carboxylic acids is 1. The molecule has 0 spiro atoms. The molecular weight excluding hydrogens is 412 g/mol. The van der Waals surface area contributed by atoms with Crippen molar-refractivity contribution in [2.45, 2.75) is 51.2 Å². The number of nitrogens with one attached hydrogen (secondary N) is 1. The average molecular weight is 441 g/mol. The van der Waals surface area contributed by atoms with Gasteiger partial charge in [-0.05, 0) is 55.2 Å². The van der Waals surface area contributed by atoms with Gasteiger partial charge in [-0.25, -0.2) is 4.98 Å². The number of amides is 1. The lowest BCUT2D eigenvalue weighted by molar-refractivity contribution is -0.133. The molecule has 4 rings (SSSR count). The van der Waals surface area contributed by atoms with Gasteiger partial charge in [0, 0.05) is 42.8 Å². The van der Waals surface area contributed by atoms with Crippen molar-refractivity contribution in [1.82, 2.24) is 14.5 Å². The van der Waals surface area contributed by atoms with Crippen LogP contribution in [0.5, 0.6) is 0 Å². The fraction of sp³-hybridized carbons (Fsp3) is 0.308. The van der Waals surface area contributed by atoms with Crippen molar-refractivity contribution < 1.29 is 4.79 Å². The molecular formula is C26H28N6O. The monoisotopic (exact) mass is 440 g/mol. The zero-order chi connectivity index (χ0) is 23.4. The van der Waals surface area contributed by atoms with Crippen molar-refractivity contribution >= 4 is 28.7 Å². The maximum atomic E-state index is 13.4. The molecule has 3 aromatic rings. The van der Waals surface area contributed by atoms with Crippen LogP contribution >= 0.6 is 0 Å². The largest absolute Gasteiger partial charge is 0.404 e. The number of likely N-dealkylation sites (tertiary alicyclic amines) is 1. The van der Waals surface area contributed by atoms with Gasteiger partial charge in [0.2, 0.25) is 5.91 Å². The molecule has 1 amide bonds. The van der Waals surface area contributed by atoms with Gasteiger partial charge in [-0.1, -0.05) is 19.1 Å². The van der Waals surface area contributed by atoms with E-state index >= 15 is 0 Å². The Hall–Kier alpha value is -3.92. The summed E-state index contributed by atoms with van der Waals surface area (Å²) in [5, 5.41) is 16.7. The highest BCUT2D eigenvalue weighted by Gasteiger charge is 2.35. The van der Waals surface area contributed by atoms with Crippen LogP contribution in [0.15, 0.2) is 54.9 Å². The first-order valence-electron chi connectivity index (χ1n) is 11.3. The molecule has 1 aromatic carbocycles. The summed E-state index contributed by atoms with van der Waals surface area (Å²) in [5.41, 5.74) is 10.1. The molecule has 2 atom stereocenters. The van der Waals surface area contributed by atoms with Crippen molar-refractivity contribution in [2.24, 2.45) is 5.73 Å². The SMILES string of the molecule is CCC1CCC(Cn2ccc3nc(/C(C=N)=C/N)ccc32)N1C(=O)Cc1cccc(C#N)c1. The highest BCUT2D eigenvalue weighted by Crippen LogP contribution is 2.29. The molecule has 168 valence electrons. The summed E-state index contributed by atoms with van der Waals surface area (Å²) in [6, 6.07) is 15.6. The number of pyridine rings is 1. The number of carbonyl (C=O) groups is 1. The Balaban J connectivity index is 1.56. The molecule has 33 heavy (non-hydrogen) atoms. The zero-order valence-corrected chi connectivity index (χ0v) is 18.7. The second kappa shape index (κ2) is 9.70. The van der Waals surface area contributed by atoms with E-state index in [-0.39, 0.29) is 18.0 Å². The molecule has 0 radical (unpaired) electrons. The predicted molar refractivity (Wildman–Crippen MR) is 129 cm³/mol. The molecule has 0 bridgehead atoms. The number of nitrogens with two attached hydrogens (primary N) is 1. The van der Waals surface area contributed by atoms with E-state index in [0.29, 0.717) is 29.8 Å². The molecule has 1 fully saturated rings. The van der Waals surface area contributed by atoms with E-state index in [1.54, 1.807) is 12.1 Å². The van der Waals surface area contributed by atoms with E-state index in [1.807, 2.05) is 36.5 Å². The van der Waals surface area contributed by atoms with Gasteiger partial charge in [-0.2, -0.15) is 5.26 Å². The molecule has 2 aromatic heterocycles. The summed E-state index contributed by atoms with van der Waals surface area (Å²) in [6.45, 7) is 2.83. The second-order valence-corrected chi connectivity index (χ2v) is 8.42. The topological polar surface area (TPSA) is 112 Å². The van der Waals surface area contributed by atoms with Crippen molar-refractivity contribution in [2.75, 3.05) is 0 Å². The van der Waals surface area contributed by atoms with E-state index in [9.17, 15) is 4.79 Å². The first-order chi connectivity index (χ1) is 16.1. The van der Waals surface area contributed by atoms with Crippen LogP contribution in [0.2, 0.25) is 0 Å². The Morgan fingerprint density at radius 3 is 2.82 bits per heavy atom. The zero-order valence-electron chi connectivity index (χ0n) is 18.7. The Kier molecular flexibility index (Phi) is 6.55. The summed E-state index contributed by atoms with van der Waals surface area (Å²) in [7, 11) is 0. The highest BCUT2D eigenvalue weighted by atomic mass is 16.2. The number of allylic oxidation sites excluding steroid dienone is 1. The van der Waals surface area contributed by atoms with E-state index in [0.717, 1.165) is 35.9 Å². The third-order valence-electron chi connectivity index (χ3n) is 6.45. The Labute approximate surface area is 193 Å². The molecule has 1 aliphatic rings. The fourth-order valence-corrected chi connectivity index (χ4v) is 4.79. The number of nitriles is 1. The quantitative estimate of drug-likeness (QED) is 0.543. The van der Waals surface area contributed by atoms with E-state index in [2.05, 4.69) is 27.4 Å². The van der Waals surface area contributed by atoms with Gasteiger partial charge in [0.15, 0.2) is 0 Å².